The summed E-state index contributed by atoms with van der Waals surface area (Å²) in [6.45, 7) is 0. The SMILES string of the molecule is O=C(Nc1cc(S(=O)(=O)C(F)(F)F)ccc1O)c1ccccn1. The maximum atomic E-state index is 12.5. The van der Waals surface area contributed by atoms with Crippen LogP contribution in [0.1, 0.15) is 10.5 Å². The predicted molar refractivity (Wildman–Crippen MR) is 73.5 cm³/mol. The topological polar surface area (TPSA) is 96.4 Å². The zero-order valence-corrected chi connectivity index (χ0v) is 12.0. The number of hydrogen-bond acceptors (Lipinski definition) is 5. The minimum Gasteiger partial charge on any atom is -0.506 e. The average molecular weight is 346 g/mol. The molecule has 0 radical (unpaired) electrons. The van der Waals surface area contributed by atoms with E-state index in [9.17, 15) is 31.5 Å². The molecule has 0 saturated carbocycles. The summed E-state index contributed by atoms with van der Waals surface area (Å²) >= 11 is 0. The number of aromatic hydroxyl groups is 1. The average Bonchev–Trinajstić information content (AvgIpc) is 2.49. The fourth-order valence-corrected chi connectivity index (χ4v) is 2.39. The van der Waals surface area contributed by atoms with Gasteiger partial charge in [-0.25, -0.2) is 8.42 Å². The Labute approximate surface area is 128 Å². The van der Waals surface area contributed by atoms with E-state index in [4.69, 9.17) is 0 Å². The van der Waals surface area contributed by atoms with Gasteiger partial charge in [-0.3, -0.25) is 9.78 Å². The highest BCUT2D eigenvalue weighted by Gasteiger charge is 2.47. The predicted octanol–water partition coefficient (Wildman–Crippen LogP) is 2.33. The van der Waals surface area contributed by atoms with Gasteiger partial charge in [0.25, 0.3) is 15.7 Å². The molecule has 0 aliphatic carbocycles. The lowest BCUT2D eigenvalue weighted by atomic mass is 10.2. The fraction of sp³-hybridized carbons (Fsp3) is 0.0769. The third kappa shape index (κ3) is 3.42. The Bertz CT molecular complexity index is 836. The lowest BCUT2D eigenvalue weighted by Gasteiger charge is -2.11. The molecule has 10 heteroatoms. The molecule has 0 aliphatic rings. The largest absolute Gasteiger partial charge is 0.506 e. The number of phenolic OH excluding ortho intramolecular Hbond substituents is 1. The van der Waals surface area contributed by atoms with Crippen LogP contribution in [0.2, 0.25) is 0 Å². The van der Waals surface area contributed by atoms with E-state index in [0.29, 0.717) is 12.1 Å². The molecule has 0 aliphatic heterocycles. The molecule has 0 atom stereocenters. The van der Waals surface area contributed by atoms with E-state index < -0.39 is 37.6 Å². The number of nitrogens with zero attached hydrogens (tertiary/aromatic N) is 1. The Balaban J connectivity index is 2.38. The Morgan fingerprint density at radius 3 is 2.43 bits per heavy atom. The summed E-state index contributed by atoms with van der Waals surface area (Å²) in [4.78, 5) is 14.5. The van der Waals surface area contributed by atoms with Crippen molar-refractivity contribution in [3.05, 3.63) is 48.3 Å². The Kier molecular flexibility index (Phi) is 4.28. The summed E-state index contributed by atoms with van der Waals surface area (Å²) in [5.74, 6) is -1.40. The first-order valence-corrected chi connectivity index (χ1v) is 7.48. The van der Waals surface area contributed by atoms with Crippen LogP contribution in [-0.2, 0) is 9.84 Å². The van der Waals surface area contributed by atoms with Crippen LogP contribution in [0.5, 0.6) is 5.75 Å². The number of halogens is 3. The third-order valence-corrected chi connectivity index (χ3v) is 4.21. The second-order valence-electron chi connectivity index (χ2n) is 4.30. The van der Waals surface area contributed by atoms with Gasteiger partial charge in [0.15, 0.2) is 0 Å². The van der Waals surface area contributed by atoms with Crippen molar-refractivity contribution in [1.29, 1.82) is 0 Å². The highest BCUT2D eigenvalue weighted by molar-refractivity contribution is 7.92. The zero-order valence-electron chi connectivity index (χ0n) is 11.2. The molecule has 23 heavy (non-hydrogen) atoms. The van der Waals surface area contributed by atoms with Crippen molar-refractivity contribution in [2.75, 3.05) is 5.32 Å². The van der Waals surface area contributed by atoms with Crippen LogP contribution in [0.4, 0.5) is 18.9 Å². The van der Waals surface area contributed by atoms with E-state index in [1.165, 1.54) is 18.3 Å². The van der Waals surface area contributed by atoms with Crippen LogP contribution < -0.4 is 5.32 Å². The van der Waals surface area contributed by atoms with Crippen molar-refractivity contribution in [2.45, 2.75) is 10.4 Å². The maximum absolute atomic E-state index is 12.5. The molecule has 0 saturated heterocycles. The Morgan fingerprint density at radius 1 is 1.17 bits per heavy atom. The van der Waals surface area contributed by atoms with Crippen LogP contribution in [0.25, 0.3) is 0 Å². The number of alkyl halides is 3. The van der Waals surface area contributed by atoms with Gasteiger partial charge in [-0.05, 0) is 30.3 Å². The maximum Gasteiger partial charge on any atom is 0.501 e. The molecule has 2 rings (SSSR count). The second-order valence-corrected chi connectivity index (χ2v) is 6.24. The number of aromatic nitrogens is 1. The number of anilines is 1. The molecule has 122 valence electrons. The van der Waals surface area contributed by atoms with Gasteiger partial charge in [0.2, 0.25) is 0 Å². The second kappa shape index (κ2) is 5.88. The van der Waals surface area contributed by atoms with E-state index >= 15 is 0 Å². The first-order valence-electron chi connectivity index (χ1n) is 5.99. The number of hydrogen-bond donors (Lipinski definition) is 2. The van der Waals surface area contributed by atoms with Crippen LogP contribution in [0, 0.1) is 0 Å². The molecule has 2 N–H and O–H groups in total. The molecule has 1 amide bonds. The normalized spacial score (nSPS) is 12.0. The number of carbonyl (C=O) groups excluding carboxylic acids is 1. The van der Waals surface area contributed by atoms with Crippen LogP contribution in [0.3, 0.4) is 0 Å². The van der Waals surface area contributed by atoms with E-state index in [0.717, 1.165) is 6.07 Å². The molecule has 0 spiro atoms. The molecule has 1 aromatic carbocycles. The molecule has 0 bridgehead atoms. The number of carbonyl (C=O) groups is 1. The van der Waals surface area contributed by atoms with Gasteiger partial charge < -0.3 is 10.4 Å². The number of nitrogens with one attached hydrogen (secondary N) is 1. The Hall–Kier alpha value is -2.62. The van der Waals surface area contributed by atoms with Gasteiger partial charge in [0.05, 0.1) is 10.6 Å². The highest BCUT2D eigenvalue weighted by Crippen LogP contribution is 2.34. The molecule has 2 aromatic rings. The van der Waals surface area contributed by atoms with Gasteiger partial charge in [-0.15, -0.1) is 0 Å². The van der Waals surface area contributed by atoms with E-state index in [2.05, 4.69) is 10.3 Å². The molecular formula is C13H9F3N2O4S. The summed E-state index contributed by atoms with van der Waals surface area (Å²) < 4.78 is 60.3. The van der Waals surface area contributed by atoms with Crippen molar-refractivity contribution in [2.24, 2.45) is 0 Å². The quantitative estimate of drug-likeness (QED) is 0.832. The molecule has 1 aromatic heterocycles. The number of phenols is 1. The first-order chi connectivity index (χ1) is 10.6. The summed E-state index contributed by atoms with van der Waals surface area (Å²) in [5.41, 5.74) is -6.03. The standard InChI is InChI=1S/C13H9F3N2O4S/c14-13(15,16)23(21,22)8-4-5-11(19)10(7-8)18-12(20)9-3-1-2-6-17-9/h1-7,19H,(H,18,20). The van der Waals surface area contributed by atoms with E-state index in [-0.39, 0.29) is 5.69 Å². The lowest BCUT2D eigenvalue weighted by molar-refractivity contribution is -0.0436. The van der Waals surface area contributed by atoms with Gasteiger partial charge in [-0.1, -0.05) is 6.07 Å². The van der Waals surface area contributed by atoms with Crippen LogP contribution >= 0.6 is 0 Å². The molecule has 1 heterocycles. The number of benzene rings is 1. The van der Waals surface area contributed by atoms with E-state index in [1.54, 1.807) is 6.07 Å². The molecule has 6 nitrogen and oxygen atoms in total. The Morgan fingerprint density at radius 2 is 1.87 bits per heavy atom. The fourth-order valence-electron chi connectivity index (χ4n) is 1.60. The minimum absolute atomic E-state index is 0.0593. The van der Waals surface area contributed by atoms with Gasteiger partial charge in [0.1, 0.15) is 11.4 Å². The van der Waals surface area contributed by atoms with E-state index in [1.807, 2.05) is 0 Å². The number of pyridine rings is 1. The summed E-state index contributed by atoms with van der Waals surface area (Å²) in [7, 11) is -5.59. The summed E-state index contributed by atoms with van der Waals surface area (Å²) in [6, 6.07) is 6.25. The third-order valence-electron chi connectivity index (χ3n) is 2.73. The molecule has 0 unspecified atom stereocenters. The first kappa shape index (κ1) is 16.7. The number of rotatable bonds is 3. The lowest BCUT2D eigenvalue weighted by Crippen LogP contribution is -2.23. The monoisotopic (exact) mass is 346 g/mol. The smallest absolute Gasteiger partial charge is 0.501 e. The van der Waals surface area contributed by atoms with Crippen molar-refractivity contribution in [3.8, 4) is 5.75 Å². The van der Waals surface area contributed by atoms with Gasteiger partial charge >= 0.3 is 5.51 Å². The number of sulfone groups is 1. The molecular weight excluding hydrogens is 337 g/mol. The van der Waals surface area contributed by atoms with Crippen molar-refractivity contribution < 1.29 is 31.5 Å². The minimum atomic E-state index is -5.59. The van der Waals surface area contributed by atoms with Gasteiger partial charge in [-0.2, -0.15) is 13.2 Å². The van der Waals surface area contributed by atoms with Crippen LogP contribution in [-0.4, -0.2) is 29.9 Å². The van der Waals surface area contributed by atoms with Gasteiger partial charge in [0, 0.05) is 6.20 Å². The van der Waals surface area contributed by atoms with Crippen molar-refractivity contribution in [1.82, 2.24) is 4.98 Å². The molecule has 0 fully saturated rings. The summed E-state index contributed by atoms with van der Waals surface area (Å²) in [5, 5.41) is 11.7. The van der Waals surface area contributed by atoms with Crippen LogP contribution in [0.15, 0.2) is 47.5 Å². The van der Waals surface area contributed by atoms with Crippen molar-refractivity contribution >= 4 is 21.4 Å². The summed E-state index contributed by atoms with van der Waals surface area (Å²) in [6.07, 6.45) is 1.32. The highest BCUT2D eigenvalue weighted by atomic mass is 32.2. The van der Waals surface area contributed by atoms with Crippen molar-refractivity contribution in [3.63, 3.8) is 0 Å². The zero-order chi connectivity index (χ0) is 17.3. The number of amides is 1.